The molecule has 1 aromatic heterocycles. The number of nitrogens with one attached hydrogen (secondary N) is 1. The lowest BCUT2D eigenvalue weighted by molar-refractivity contribution is -0.118. The molecule has 0 spiro atoms. The van der Waals surface area contributed by atoms with E-state index in [-0.39, 0.29) is 11.7 Å². The van der Waals surface area contributed by atoms with Crippen molar-refractivity contribution in [3.8, 4) is 5.75 Å². The second kappa shape index (κ2) is 8.98. The number of thioether (sulfide) groups is 1. The molecule has 1 N–H and O–H groups in total. The van der Waals surface area contributed by atoms with Crippen LogP contribution in [0.3, 0.4) is 0 Å². The van der Waals surface area contributed by atoms with Gasteiger partial charge in [-0.3, -0.25) is 4.79 Å². The number of nitrogens with zero attached hydrogens (tertiary/aromatic N) is 2. The topological polar surface area (TPSA) is 63.6 Å². The largest absolute Gasteiger partial charge is 0.494 e. The molecule has 2 aromatic carbocycles. The van der Waals surface area contributed by atoms with E-state index in [1.807, 2.05) is 36.4 Å². The SMILES string of the molecule is COc1c(Br)cc(/C=N\NC(=O)CSc2nc3ccccc3s2)cc1Br. The number of hydrazone groups is 1. The zero-order valence-corrected chi connectivity index (χ0v) is 18.3. The van der Waals surface area contributed by atoms with Crippen LogP contribution in [-0.2, 0) is 4.79 Å². The first-order chi connectivity index (χ1) is 12.6. The highest BCUT2D eigenvalue weighted by Crippen LogP contribution is 2.34. The second-order valence-electron chi connectivity index (χ2n) is 5.05. The number of ether oxygens (including phenoxy) is 1. The third-order valence-corrected chi connectivity index (χ3v) is 6.59. The van der Waals surface area contributed by atoms with Gasteiger partial charge in [0.15, 0.2) is 4.34 Å². The monoisotopic (exact) mass is 513 g/mol. The fourth-order valence-electron chi connectivity index (χ4n) is 2.10. The highest BCUT2D eigenvalue weighted by Gasteiger charge is 2.08. The standard InChI is InChI=1S/C17H13Br2N3O2S2/c1-24-16-11(18)6-10(7-12(16)19)8-20-22-15(23)9-25-17-21-13-4-2-3-5-14(13)26-17/h2-8H,9H2,1H3,(H,22,23)/b20-8-. The number of carbonyl (C=O) groups is 1. The van der Waals surface area contributed by atoms with Gasteiger partial charge in [0, 0.05) is 0 Å². The van der Waals surface area contributed by atoms with Crippen LogP contribution in [-0.4, -0.2) is 30.0 Å². The molecule has 3 aromatic rings. The molecule has 0 bridgehead atoms. The van der Waals surface area contributed by atoms with E-state index < -0.39 is 0 Å². The van der Waals surface area contributed by atoms with E-state index in [1.54, 1.807) is 24.7 Å². The molecule has 26 heavy (non-hydrogen) atoms. The molecule has 0 fully saturated rings. The van der Waals surface area contributed by atoms with E-state index in [2.05, 4.69) is 47.4 Å². The van der Waals surface area contributed by atoms with Crippen molar-refractivity contribution in [2.45, 2.75) is 4.34 Å². The molecule has 0 unspecified atom stereocenters. The number of benzene rings is 2. The Morgan fingerprint density at radius 2 is 2.08 bits per heavy atom. The van der Waals surface area contributed by atoms with Crippen LogP contribution < -0.4 is 10.2 Å². The number of hydrogen-bond acceptors (Lipinski definition) is 6. The van der Waals surface area contributed by atoms with Crippen LogP contribution in [0.25, 0.3) is 10.2 Å². The third-order valence-electron chi connectivity index (χ3n) is 3.23. The van der Waals surface area contributed by atoms with E-state index in [0.29, 0.717) is 5.75 Å². The number of halogens is 2. The van der Waals surface area contributed by atoms with Crippen LogP contribution in [0.4, 0.5) is 0 Å². The Bertz CT molecular complexity index is 920. The summed E-state index contributed by atoms with van der Waals surface area (Å²) in [5.74, 6) is 0.781. The number of fused-ring (bicyclic) bond motifs is 1. The molecule has 1 amide bonds. The Balaban J connectivity index is 1.54. The summed E-state index contributed by atoms with van der Waals surface area (Å²) in [6.45, 7) is 0. The van der Waals surface area contributed by atoms with Crippen LogP contribution in [0, 0.1) is 0 Å². The molecule has 0 atom stereocenters. The lowest BCUT2D eigenvalue weighted by Gasteiger charge is -2.06. The van der Waals surface area contributed by atoms with E-state index in [4.69, 9.17) is 4.74 Å². The van der Waals surface area contributed by atoms with Gasteiger partial charge in [0.25, 0.3) is 5.91 Å². The maximum Gasteiger partial charge on any atom is 0.250 e. The van der Waals surface area contributed by atoms with E-state index in [9.17, 15) is 4.79 Å². The average Bonchev–Trinajstić information content (AvgIpc) is 3.03. The predicted octanol–water partition coefficient (Wildman–Crippen LogP) is 5.07. The molecule has 0 aliphatic carbocycles. The van der Waals surface area contributed by atoms with Crippen LogP contribution in [0.1, 0.15) is 5.56 Å². The minimum absolute atomic E-state index is 0.183. The number of amides is 1. The number of hydrogen-bond donors (Lipinski definition) is 1. The summed E-state index contributed by atoms with van der Waals surface area (Å²) in [5, 5.41) is 4.00. The van der Waals surface area contributed by atoms with Crippen LogP contribution in [0.2, 0.25) is 0 Å². The molecule has 3 rings (SSSR count). The molecule has 134 valence electrons. The van der Waals surface area contributed by atoms with E-state index in [0.717, 1.165) is 29.1 Å². The fraction of sp³-hybridized carbons (Fsp3) is 0.118. The first-order valence-electron chi connectivity index (χ1n) is 7.40. The molecule has 0 aliphatic rings. The molecular formula is C17H13Br2N3O2S2. The molecule has 0 saturated carbocycles. The first-order valence-corrected chi connectivity index (χ1v) is 10.8. The Morgan fingerprint density at radius 3 is 2.77 bits per heavy atom. The highest BCUT2D eigenvalue weighted by atomic mass is 79.9. The number of thiazole rings is 1. The number of para-hydroxylation sites is 1. The van der Waals surface area contributed by atoms with Crippen molar-refractivity contribution in [2.75, 3.05) is 12.9 Å². The summed E-state index contributed by atoms with van der Waals surface area (Å²) < 4.78 is 8.84. The number of methoxy groups -OCH3 is 1. The third kappa shape index (κ3) is 4.85. The molecule has 0 radical (unpaired) electrons. The fourth-order valence-corrected chi connectivity index (χ4v) is 5.51. The van der Waals surface area contributed by atoms with Gasteiger partial charge in [-0.25, -0.2) is 10.4 Å². The lowest BCUT2D eigenvalue weighted by Crippen LogP contribution is -2.19. The average molecular weight is 515 g/mol. The minimum Gasteiger partial charge on any atom is -0.494 e. The van der Waals surface area contributed by atoms with Gasteiger partial charge in [0.2, 0.25) is 0 Å². The molecule has 0 saturated heterocycles. The first kappa shape index (κ1) is 19.3. The second-order valence-corrected chi connectivity index (χ2v) is 9.01. The molecule has 9 heteroatoms. The Kier molecular flexibility index (Phi) is 6.68. The lowest BCUT2D eigenvalue weighted by atomic mass is 10.2. The zero-order chi connectivity index (χ0) is 18.5. The van der Waals surface area contributed by atoms with Gasteiger partial charge in [-0.1, -0.05) is 23.9 Å². The van der Waals surface area contributed by atoms with Gasteiger partial charge >= 0.3 is 0 Å². The Labute approximate surface area is 175 Å². The quantitative estimate of drug-likeness (QED) is 0.283. The van der Waals surface area contributed by atoms with Gasteiger partial charge in [0.05, 0.1) is 38.2 Å². The normalized spacial score (nSPS) is 11.2. The van der Waals surface area contributed by atoms with Crippen LogP contribution >= 0.6 is 55.0 Å². The Morgan fingerprint density at radius 1 is 1.35 bits per heavy atom. The smallest absolute Gasteiger partial charge is 0.250 e. The van der Waals surface area contributed by atoms with Gasteiger partial charge in [-0.15, -0.1) is 11.3 Å². The van der Waals surface area contributed by atoms with Crippen molar-refractivity contribution >= 4 is 77.3 Å². The van der Waals surface area contributed by atoms with Crippen molar-refractivity contribution in [1.82, 2.24) is 10.4 Å². The number of rotatable bonds is 6. The van der Waals surface area contributed by atoms with Crippen molar-refractivity contribution < 1.29 is 9.53 Å². The van der Waals surface area contributed by atoms with Gasteiger partial charge in [-0.2, -0.15) is 5.10 Å². The summed E-state index contributed by atoms with van der Waals surface area (Å²) >= 11 is 9.84. The van der Waals surface area contributed by atoms with Crippen molar-refractivity contribution in [2.24, 2.45) is 5.10 Å². The Hall–Kier alpha value is -1.42. The van der Waals surface area contributed by atoms with E-state index in [1.165, 1.54) is 11.8 Å². The van der Waals surface area contributed by atoms with Crippen LogP contribution in [0.15, 0.2) is 54.8 Å². The summed E-state index contributed by atoms with van der Waals surface area (Å²) in [6.07, 6.45) is 1.58. The molecule has 0 aliphatic heterocycles. The predicted molar refractivity (Wildman–Crippen MR) is 114 cm³/mol. The molecule has 1 heterocycles. The number of aromatic nitrogens is 1. The van der Waals surface area contributed by atoms with Crippen molar-refractivity contribution in [3.05, 3.63) is 50.9 Å². The molecular weight excluding hydrogens is 502 g/mol. The number of carbonyl (C=O) groups excluding carboxylic acids is 1. The van der Waals surface area contributed by atoms with Gasteiger partial charge in [-0.05, 0) is 61.7 Å². The highest BCUT2D eigenvalue weighted by molar-refractivity contribution is 9.11. The van der Waals surface area contributed by atoms with Gasteiger partial charge in [0.1, 0.15) is 5.75 Å². The van der Waals surface area contributed by atoms with Crippen molar-refractivity contribution in [3.63, 3.8) is 0 Å². The molecule has 5 nitrogen and oxygen atoms in total. The summed E-state index contributed by atoms with van der Waals surface area (Å²) in [7, 11) is 1.60. The summed E-state index contributed by atoms with van der Waals surface area (Å²) in [6, 6.07) is 11.6. The van der Waals surface area contributed by atoms with Crippen molar-refractivity contribution in [1.29, 1.82) is 0 Å². The minimum atomic E-state index is -0.183. The summed E-state index contributed by atoms with van der Waals surface area (Å²) in [4.78, 5) is 16.4. The van der Waals surface area contributed by atoms with Crippen LogP contribution in [0.5, 0.6) is 5.75 Å². The van der Waals surface area contributed by atoms with Gasteiger partial charge < -0.3 is 4.74 Å². The van der Waals surface area contributed by atoms with E-state index >= 15 is 0 Å². The maximum atomic E-state index is 11.9. The zero-order valence-electron chi connectivity index (χ0n) is 13.5. The summed E-state index contributed by atoms with van der Waals surface area (Å²) in [5.41, 5.74) is 4.30. The maximum absolute atomic E-state index is 11.9.